The van der Waals surface area contributed by atoms with Crippen LogP contribution in [0.2, 0.25) is 0 Å². The van der Waals surface area contributed by atoms with Crippen molar-refractivity contribution >= 4 is 35.8 Å². The zero-order valence-corrected chi connectivity index (χ0v) is 16.3. The highest BCUT2D eigenvalue weighted by atomic mass is 127. The summed E-state index contributed by atoms with van der Waals surface area (Å²) in [6, 6.07) is 4.03. The molecule has 0 aromatic carbocycles. The van der Waals surface area contributed by atoms with Gasteiger partial charge in [0.25, 0.3) is 0 Å². The second kappa shape index (κ2) is 11.9. The molecule has 1 saturated carbocycles. The van der Waals surface area contributed by atoms with Crippen LogP contribution in [0, 0.1) is 0 Å². The molecule has 6 nitrogen and oxygen atoms in total. The summed E-state index contributed by atoms with van der Waals surface area (Å²) in [6.45, 7) is 4.88. The lowest BCUT2D eigenvalue weighted by Gasteiger charge is -2.22. The topological polar surface area (TPSA) is 78.7 Å². The maximum atomic E-state index is 12.0. The van der Waals surface area contributed by atoms with E-state index in [-0.39, 0.29) is 36.4 Å². The highest BCUT2D eigenvalue weighted by Crippen LogP contribution is 2.17. The first-order valence-corrected chi connectivity index (χ1v) is 8.23. The molecule has 1 aliphatic carbocycles. The van der Waals surface area contributed by atoms with E-state index in [0.29, 0.717) is 25.1 Å². The Hall–Kier alpha value is -1.51. The molecule has 134 valence electrons. The number of rotatable bonds is 7. The Morgan fingerprint density at radius 2 is 2.12 bits per heavy atom. The maximum Gasteiger partial charge on any atom is 0.242 e. The molecule has 1 fully saturated rings. The lowest BCUT2D eigenvalue weighted by molar-refractivity contribution is -0.120. The van der Waals surface area contributed by atoms with Crippen molar-refractivity contribution < 1.29 is 9.21 Å². The van der Waals surface area contributed by atoms with Crippen molar-refractivity contribution in [2.45, 2.75) is 44.7 Å². The zero-order chi connectivity index (χ0) is 16.3. The van der Waals surface area contributed by atoms with E-state index in [1.54, 1.807) is 12.3 Å². The van der Waals surface area contributed by atoms with Crippen molar-refractivity contribution in [2.24, 2.45) is 4.99 Å². The summed E-state index contributed by atoms with van der Waals surface area (Å²) in [5.41, 5.74) is 0. The number of nitrogens with one attached hydrogen (secondary N) is 3. The number of amides is 1. The molecule has 1 aromatic rings. The fourth-order valence-corrected chi connectivity index (χ4v) is 2.60. The summed E-state index contributed by atoms with van der Waals surface area (Å²) in [5, 5.41) is 9.28. The number of halogens is 1. The van der Waals surface area contributed by atoms with Crippen LogP contribution in [-0.4, -0.2) is 31.0 Å². The molecule has 1 aliphatic rings. The summed E-state index contributed by atoms with van der Waals surface area (Å²) in [6.07, 6.45) is 9.20. The van der Waals surface area contributed by atoms with Crippen molar-refractivity contribution in [2.75, 3.05) is 13.1 Å². The fourth-order valence-electron chi connectivity index (χ4n) is 2.60. The van der Waals surface area contributed by atoms with Gasteiger partial charge < -0.3 is 20.4 Å². The van der Waals surface area contributed by atoms with Gasteiger partial charge in [-0.2, -0.15) is 0 Å². The third kappa shape index (κ3) is 7.85. The molecule has 0 unspecified atom stereocenters. The van der Waals surface area contributed by atoms with Gasteiger partial charge in [0.1, 0.15) is 12.3 Å². The van der Waals surface area contributed by atoms with Gasteiger partial charge in [0.05, 0.1) is 12.8 Å². The molecule has 3 N–H and O–H groups in total. The third-order valence-corrected chi connectivity index (χ3v) is 3.78. The van der Waals surface area contributed by atoms with Crippen molar-refractivity contribution in [3.05, 3.63) is 36.8 Å². The lowest BCUT2D eigenvalue weighted by atomic mass is 9.95. The standard InChI is InChI=1S/C17H26N4O2.HI/c1-2-10-18-17(19-12-15-9-6-11-23-15)20-13-16(22)21-14-7-4-3-5-8-14;/h2,6,9,11,14H,1,3-5,7-8,10,12-13H2,(H,21,22)(H2,18,19,20);1H. The maximum absolute atomic E-state index is 12.0. The van der Waals surface area contributed by atoms with Crippen molar-refractivity contribution in [1.29, 1.82) is 0 Å². The molecule has 0 radical (unpaired) electrons. The summed E-state index contributed by atoms with van der Waals surface area (Å²) in [4.78, 5) is 16.3. The smallest absolute Gasteiger partial charge is 0.242 e. The highest BCUT2D eigenvalue weighted by Gasteiger charge is 2.15. The van der Waals surface area contributed by atoms with Crippen LogP contribution >= 0.6 is 24.0 Å². The van der Waals surface area contributed by atoms with Crippen LogP contribution < -0.4 is 16.0 Å². The Bertz CT molecular complexity index is 511. The Morgan fingerprint density at radius 1 is 1.33 bits per heavy atom. The van der Waals surface area contributed by atoms with E-state index < -0.39 is 0 Å². The van der Waals surface area contributed by atoms with Gasteiger partial charge in [0, 0.05) is 12.6 Å². The van der Waals surface area contributed by atoms with Crippen LogP contribution in [0.5, 0.6) is 0 Å². The van der Waals surface area contributed by atoms with Gasteiger partial charge in [-0.3, -0.25) is 4.79 Å². The van der Waals surface area contributed by atoms with Gasteiger partial charge in [-0.25, -0.2) is 4.99 Å². The number of carbonyl (C=O) groups excluding carboxylic acids is 1. The molecule has 7 heteroatoms. The number of furan rings is 1. The minimum absolute atomic E-state index is 0. The zero-order valence-electron chi connectivity index (χ0n) is 13.9. The molecule has 1 amide bonds. The van der Waals surface area contributed by atoms with Gasteiger partial charge in [-0.05, 0) is 25.0 Å². The Kier molecular flexibility index (Phi) is 10.2. The minimum atomic E-state index is -0.0328. The van der Waals surface area contributed by atoms with Crippen LogP contribution in [0.25, 0.3) is 0 Å². The minimum Gasteiger partial charge on any atom is -0.467 e. The molecule has 0 spiro atoms. The van der Waals surface area contributed by atoms with Gasteiger partial charge in [0.2, 0.25) is 5.91 Å². The summed E-state index contributed by atoms with van der Waals surface area (Å²) in [5.74, 6) is 1.35. The summed E-state index contributed by atoms with van der Waals surface area (Å²) in [7, 11) is 0. The van der Waals surface area contributed by atoms with Crippen molar-refractivity contribution in [3.8, 4) is 0 Å². The van der Waals surface area contributed by atoms with Gasteiger partial charge >= 0.3 is 0 Å². The predicted octanol–water partition coefficient (Wildman–Crippen LogP) is 2.57. The van der Waals surface area contributed by atoms with Crippen molar-refractivity contribution in [1.82, 2.24) is 16.0 Å². The third-order valence-electron chi connectivity index (χ3n) is 3.78. The highest BCUT2D eigenvalue weighted by molar-refractivity contribution is 14.0. The Balaban J connectivity index is 0.00000288. The van der Waals surface area contributed by atoms with Crippen LogP contribution in [0.15, 0.2) is 40.5 Å². The molecule has 2 rings (SSSR count). The first-order valence-electron chi connectivity index (χ1n) is 8.23. The first-order chi connectivity index (χ1) is 11.3. The van der Waals surface area contributed by atoms with Crippen LogP contribution in [0.3, 0.4) is 0 Å². The van der Waals surface area contributed by atoms with E-state index in [0.717, 1.165) is 18.6 Å². The number of aliphatic imine (C=N–C) groups is 1. The molecular formula is C17H27IN4O2. The van der Waals surface area contributed by atoms with Crippen LogP contribution in [-0.2, 0) is 11.3 Å². The average Bonchev–Trinajstić information content (AvgIpc) is 3.08. The van der Waals surface area contributed by atoms with Gasteiger partial charge in [-0.15, -0.1) is 30.6 Å². The second-order valence-electron chi connectivity index (χ2n) is 5.67. The first kappa shape index (κ1) is 20.5. The average molecular weight is 446 g/mol. The summed E-state index contributed by atoms with van der Waals surface area (Å²) >= 11 is 0. The molecule has 0 atom stereocenters. The number of hydrogen-bond donors (Lipinski definition) is 3. The molecule has 0 bridgehead atoms. The van der Waals surface area contributed by atoms with E-state index in [1.807, 2.05) is 12.1 Å². The molecule has 1 heterocycles. The summed E-state index contributed by atoms with van der Waals surface area (Å²) < 4.78 is 5.27. The second-order valence-corrected chi connectivity index (χ2v) is 5.67. The molecule has 1 aromatic heterocycles. The fraction of sp³-hybridized carbons (Fsp3) is 0.529. The monoisotopic (exact) mass is 446 g/mol. The molecular weight excluding hydrogens is 419 g/mol. The van der Waals surface area contributed by atoms with E-state index >= 15 is 0 Å². The normalized spacial score (nSPS) is 15.2. The van der Waals surface area contributed by atoms with E-state index in [2.05, 4.69) is 27.5 Å². The SMILES string of the molecule is C=CCNC(=NCC(=O)NC1CCCCC1)NCc1ccco1.I. The molecule has 0 aliphatic heterocycles. The Labute approximate surface area is 160 Å². The largest absolute Gasteiger partial charge is 0.467 e. The van der Waals surface area contributed by atoms with Crippen LogP contribution in [0.1, 0.15) is 37.9 Å². The van der Waals surface area contributed by atoms with Crippen LogP contribution in [0.4, 0.5) is 0 Å². The van der Waals surface area contributed by atoms with E-state index in [9.17, 15) is 4.79 Å². The van der Waals surface area contributed by atoms with Crippen molar-refractivity contribution in [3.63, 3.8) is 0 Å². The number of guanidine groups is 1. The van der Waals surface area contributed by atoms with E-state index in [4.69, 9.17) is 4.42 Å². The van der Waals surface area contributed by atoms with Gasteiger partial charge in [-0.1, -0.05) is 25.3 Å². The Morgan fingerprint density at radius 3 is 2.79 bits per heavy atom. The lowest BCUT2D eigenvalue weighted by Crippen LogP contribution is -2.40. The number of carbonyl (C=O) groups is 1. The van der Waals surface area contributed by atoms with E-state index in [1.165, 1.54) is 19.3 Å². The predicted molar refractivity (Wildman–Crippen MR) is 106 cm³/mol. The molecule has 0 saturated heterocycles. The molecule has 24 heavy (non-hydrogen) atoms. The number of nitrogens with zero attached hydrogens (tertiary/aromatic N) is 1. The van der Waals surface area contributed by atoms with Gasteiger partial charge in [0.15, 0.2) is 5.96 Å². The quantitative estimate of drug-likeness (QED) is 0.261. The number of hydrogen-bond acceptors (Lipinski definition) is 3.